The molecule has 1 aromatic rings. The summed E-state index contributed by atoms with van der Waals surface area (Å²) in [5, 5.41) is 18.9. The van der Waals surface area contributed by atoms with Crippen LogP contribution in [0.3, 0.4) is 0 Å². The number of aromatic hydroxyl groups is 2. The SMILES string of the molecule is CCC1CCCN(CC(=O)c2ccc(O)cc2O)C1. The number of carbonyl (C=O) groups is 1. The molecule has 1 fully saturated rings. The highest BCUT2D eigenvalue weighted by molar-refractivity contribution is 6.00. The van der Waals surface area contributed by atoms with Gasteiger partial charge in [-0.05, 0) is 37.4 Å². The highest BCUT2D eigenvalue weighted by Crippen LogP contribution is 2.24. The number of nitrogens with zero attached hydrogens (tertiary/aromatic N) is 1. The molecule has 4 heteroatoms. The molecule has 1 atom stereocenters. The maximum Gasteiger partial charge on any atom is 0.180 e. The van der Waals surface area contributed by atoms with Gasteiger partial charge in [-0.25, -0.2) is 0 Å². The minimum atomic E-state index is -0.144. The molecule has 0 aliphatic carbocycles. The number of hydrogen-bond donors (Lipinski definition) is 2. The Labute approximate surface area is 113 Å². The van der Waals surface area contributed by atoms with Gasteiger partial charge >= 0.3 is 0 Å². The molecule has 0 saturated carbocycles. The Morgan fingerprint density at radius 3 is 2.89 bits per heavy atom. The second-order valence-corrected chi connectivity index (χ2v) is 5.28. The highest BCUT2D eigenvalue weighted by atomic mass is 16.3. The Balaban J connectivity index is 2.00. The lowest BCUT2D eigenvalue weighted by Crippen LogP contribution is -2.38. The number of phenolic OH excluding ortho intramolecular Hbond substituents is 2. The molecule has 0 spiro atoms. The van der Waals surface area contributed by atoms with Crippen molar-refractivity contribution in [2.75, 3.05) is 19.6 Å². The topological polar surface area (TPSA) is 60.8 Å². The van der Waals surface area contributed by atoms with E-state index < -0.39 is 0 Å². The summed E-state index contributed by atoms with van der Waals surface area (Å²) in [6.07, 6.45) is 3.52. The van der Waals surface area contributed by atoms with Gasteiger partial charge in [-0.15, -0.1) is 0 Å². The molecule has 1 aromatic carbocycles. The fourth-order valence-electron chi connectivity index (χ4n) is 2.67. The van der Waals surface area contributed by atoms with Crippen molar-refractivity contribution >= 4 is 5.78 Å². The summed E-state index contributed by atoms with van der Waals surface area (Å²) in [7, 11) is 0. The molecule has 19 heavy (non-hydrogen) atoms. The van der Waals surface area contributed by atoms with E-state index in [0.717, 1.165) is 25.9 Å². The van der Waals surface area contributed by atoms with E-state index in [1.165, 1.54) is 24.6 Å². The molecular formula is C15H21NO3. The number of ketones is 1. The molecule has 2 N–H and O–H groups in total. The number of rotatable bonds is 4. The van der Waals surface area contributed by atoms with Gasteiger partial charge < -0.3 is 10.2 Å². The van der Waals surface area contributed by atoms with E-state index >= 15 is 0 Å². The van der Waals surface area contributed by atoms with E-state index in [1.807, 2.05) is 0 Å². The quantitative estimate of drug-likeness (QED) is 0.819. The molecule has 0 aromatic heterocycles. The molecular weight excluding hydrogens is 242 g/mol. The summed E-state index contributed by atoms with van der Waals surface area (Å²) in [6.45, 7) is 4.43. The van der Waals surface area contributed by atoms with Crippen molar-refractivity contribution in [1.82, 2.24) is 4.90 Å². The van der Waals surface area contributed by atoms with Gasteiger partial charge in [0.25, 0.3) is 0 Å². The second-order valence-electron chi connectivity index (χ2n) is 5.28. The summed E-state index contributed by atoms with van der Waals surface area (Å²) in [5.74, 6) is 0.413. The second kappa shape index (κ2) is 6.06. The fourth-order valence-corrected chi connectivity index (χ4v) is 2.67. The first kappa shape index (κ1) is 13.9. The van der Waals surface area contributed by atoms with Crippen molar-refractivity contribution in [2.45, 2.75) is 26.2 Å². The third kappa shape index (κ3) is 3.47. The third-order valence-corrected chi connectivity index (χ3v) is 3.83. The Bertz CT molecular complexity index is 459. The summed E-state index contributed by atoms with van der Waals surface area (Å²) >= 11 is 0. The average molecular weight is 263 g/mol. The molecule has 1 unspecified atom stereocenters. The number of Topliss-reactive ketones (excluding diaryl/α,β-unsaturated/α-hetero) is 1. The van der Waals surface area contributed by atoms with Crippen LogP contribution in [-0.4, -0.2) is 40.5 Å². The highest BCUT2D eigenvalue weighted by Gasteiger charge is 2.22. The molecule has 4 nitrogen and oxygen atoms in total. The van der Waals surface area contributed by atoms with Crippen molar-refractivity contribution in [2.24, 2.45) is 5.92 Å². The standard InChI is InChI=1S/C15H21NO3/c1-2-11-4-3-7-16(9-11)10-15(19)13-6-5-12(17)8-14(13)18/h5-6,8,11,17-18H,2-4,7,9-10H2,1H3. The lowest BCUT2D eigenvalue weighted by Gasteiger charge is -2.31. The number of likely N-dealkylation sites (tertiary alicyclic amines) is 1. The van der Waals surface area contributed by atoms with Crippen LogP contribution in [0.1, 0.15) is 36.5 Å². The minimum Gasteiger partial charge on any atom is -0.508 e. The fraction of sp³-hybridized carbons (Fsp3) is 0.533. The number of phenols is 2. The monoisotopic (exact) mass is 263 g/mol. The Kier molecular flexibility index (Phi) is 4.43. The number of benzene rings is 1. The molecule has 1 heterocycles. The number of piperidine rings is 1. The van der Waals surface area contributed by atoms with E-state index in [-0.39, 0.29) is 22.8 Å². The van der Waals surface area contributed by atoms with Gasteiger partial charge in [0.2, 0.25) is 0 Å². The summed E-state index contributed by atoms with van der Waals surface area (Å²) in [4.78, 5) is 14.3. The van der Waals surface area contributed by atoms with Gasteiger partial charge in [-0.2, -0.15) is 0 Å². The van der Waals surface area contributed by atoms with E-state index in [0.29, 0.717) is 12.5 Å². The van der Waals surface area contributed by atoms with Crippen molar-refractivity contribution < 1.29 is 15.0 Å². The maximum absolute atomic E-state index is 12.2. The first-order valence-corrected chi connectivity index (χ1v) is 6.87. The smallest absolute Gasteiger partial charge is 0.180 e. The predicted molar refractivity (Wildman–Crippen MR) is 73.6 cm³/mol. The van der Waals surface area contributed by atoms with Gasteiger partial charge in [0, 0.05) is 12.6 Å². The molecule has 0 radical (unpaired) electrons. The first-order valence-electron chi connectivity index (χ1n) is 6.87. The van der Waals surface area contributed by atoms with Crippen LogP contribution >= 0.6 is 0 Å². The van der Waals surface area contributed by atoms with Crippen LogP contribution in [0.25, 0.3) is 0 Å². The molecule has 1 saturated heterocycles. The summed E-state index contributed by atoms with van der Waals surface area (Å²) < 4.78 is 0. The normalized spacial score (nSPS) is 20.4. The van der Waals surface area contributed by atoms with E-state index in [2.05, 4.69) is 11.8 Å². The molecule has 1 aliphatic rings. The molecule has 0 amide bonds. The number of carbonyl (C=O) groups excluding carboxylic acids is 1. The lowest BCUT2D eigenvalue weighted by molar-refractivity contribution is 0.0882. The van der Waals surface area contributed by atoms with Crippen molar-refractivity contribution in [3.63, 3.8) is 0 Å². The molecule has 2 rings (SSSR count). The van der Waals surface area contributed by atoms with Gasteiger partial charge in [0.15, 0.2) is 5.78 Å². The summed E-state index contributed by atoms with van der Waals surface area (Å²) in [6, 6.07) is 4.12. The lowest BCUT2D eigenvalue weighted by atomic mass is 9.95. The van der Waals surface area contributed by atoms with E-state index in [9.17, 15) is 15.0 Å². The Hall–Kier alpha value is -1.55. The van der Waals surface area contributed by atoms with Crippen molar-refractivity contribution in [1.29, 1.82) is 0 Å². The number of hydrogen-bond acceptors (Lipinski definition) is 4. The molecule has 0 bridgehead atoms. The van der Waals surface area contributed by atoms with Gasteiger partial charge in [-0.1, -0.05) is 13.3 Å². The van der Waals surface area contributed by atoms with Gasteiger partial charge in [0.05, 0.1) is 12.1 Å². The Morgan fingerprint density at radius 1 is 1.42 bits per heavy atom. The first-order chi connectivity index (χ1) is 9.10. The molecule has 104 valence electrons. The van der Waals surface area contributed by atoms with Crippen LogP contribution < -0.4 is 0 Å². The van der Waals surface area contributed by atoms with Crippen LogP contribution in [0, 0.1) is 5.92 Å². The Morgan fingerprint density at radius 2 is 2.21 bits per heavy atom. The minimum absolute atomic E-state index is 0.0296. The maximum atomic E-state index is 12.2. The third-order valence-electron chi connectivity index (χ3n) is 3.83. The van der Waals surface area contributed by atoms with E-state index in [4.69, 9.17) is 0 Å². The average Bonchev–Trinajstić information content (AvgIpc) is 2.38. The van der Waals surface area contributed by atoms with Gasteiger partial charge in [-0.3, -0.25) is 9.69 Å². The zero-order valence-corrected chi connectivity index (χ0v) is 11.3. The van der Waals surface area contributed by atoms with Crippen LogP contribution in [0.2, 0.25) is 0 Å². The zero-order valence-electron chi connectivity index (χ0n) is 11.3. The largest absolute Gasteiger partial charge is 0.508 e. The van der Waals surface area contributed by atoms with Crippen LogP contribution in [0.15, 0.2) is 18.2 Å². The zero-order chi connectivity index (χ0) is 13.8. The summed E-state index contributed by atoms with van der Waals surface area (Å²) in [5.41, 5.74) is 0.288. The van der Waals surface area contributed by atoms with E-state index in [1.54, 1.807) is 0 Å². The van der Waals surface area contributed by atoms with Crippen molar-refractivity contribution in [3.05, 3.63) is 23.8 Å². The van der Waals surface area contributed by atoms with Crippen LogP contribution in [0.4, 0.5) is 0 Å². The van der Waals surface area contributed by atoms with Crippen LogP contribution in [-0.2, 0) is 0 Å². The van der Waals surface area contributed by atoms with Gasteiger partial charge in [0.1, 0.15) is 11.5 Å². The van der Waals surface area contributed by atoms with Crippen LogP contribution in [0.5, 0.6) is 11.5 Å². The molecule has 1 aliphatic heterocycles. The van der Waals surface area contributed by atoms with Crippen molar-refractivity contribution in [3.8, 4) is 11.5 Å². The predicted octanol–water partition coefficient (Wildman–Crippen LogP) is 2.40.